The van der Waals surface area contributed by atoms with E-state index in [0.717, 1.165) is 17.0 Å². The quantitative estimate of drug-likeness (QED) is 0.237. The Morgan fingerprint density at radius 2 is 1.64 bits per heavy atom. The number of nitrogens with zero attached hydrogens (tertiary/aromatic N) is 1. The van der Waals surface area contributed by atoms with Gasteiger partial charge in [-0.05, 0) is 61.9 Å². The van der Waals surface area contributed by atoms with Gasteiger partial charge in [-0.1, -0.05) is 23.7 Å². The molecule has 0 radical (unpaired) electrons. The maximum absolute atomic E-state index is 14.1. The highest BCUT2D eigenvalue weighted by Crippen LogP contribution is 2.44. The van der Waals surface area contributed by atoms with Crippen LogP contribution in [0.5, 0.6) is 11.5 Å². The molecule has 1 saturated heterocycles. The van der Waals surface area contributed by atoms with Crippen molar-refractivity contribution in [2.75, 3.05) is 18.1 Å². The van der Waals surface area contributed by atoms with Crippen molar-refractivity contribution in [3.05, 3.63) is 94.0 Å². The maximum atomic E-state index is 14.1. The molecule has 9 heteroatoms. The smallest absolute Gasteiger partial charge is 0.300 e. The summed E-state index contributed by atoms with van der Waals surface area (Å²) in [5, 5.41) is 11.4. The zero-order valence-corrected chi connectivity index (χ0v) is 20.2. The molecule has 186 valence electrons. The van der Waals surface area contributed by atoms with Crippen LogP contribution in [0.3, 0.4) is 0 Å². The minimum absolute atomic E-state index is 0.0592. The highest BCUT2D eigenvalue weighted by Gasteiger charge is 2.47. The Kier molecular flexibility index (Phi) is 7.26. The molecule has 3 aromatic carbocycles. The molecule has 1 aliphatic heterocycles. The summed E-state index contributed by atoms with van der Waals surface area (Å²) in [6.45, 7) is 4.31. The highest BCUT2D eigenvalue weighted by molar-refractivity contribution is 6.52. The number of carbonyl (C=O) groups is 2. The van der Waals surface area contributed by atoms with Crippen LogP contribution in [-0.4, -0.2) is 30.0 Å². The van der Waals surface area contributed by atoms with Gasteiger partial charge in [-0.2, -0.15) is 0 Å². The van der Waals surface area contributed by atoms with E-state index in [4.69, 9.17) is 21.1 Å². The lowest BCUT2D eigenvalue weighted by Crippen LogP contribution is -2.29. The lowest BCUT2D eigenvalue weighted by atomic mass is 9.95. The third-order valence-corrected chi connectivity index (χ3v) is 5.94. The van der Waals surface area contributed by atoms with Gasteiger partial charge in [0.05, 0.1) is 29.9 Å². The van der Waals surface area contributed by atoms with Crippen LogP contribution in [0.25, 0.3) is 5.76 Å². The molecular weight excluding hydrogens is 492 g/mol. The number of hydrogen-bond acceptors (Lipinski definition) is 5. The first-order valence-electron chi connectivity index (χ1n) is 11.2. The molecule has 4 rings (SSSR count). The van der Waals surface area contributed by atoms with Crippen molar-refractivity contribution in [1.29, 1.82) is 0 Å². The number of ether oxygens (including phenoxy) is 2. The van der Waals surface area contributed by atoms with E-state index in [0.29, 0.717) is 30.3 Å². The fourth-order valence-corrected chi connectivity index (χ4v) is 4.28. The molecule has 0 bridgehead atoms. The molecule has 1 atom stereocenters. The molecule has 0 saturated carbocycles. The number of benzene rings is 3. The largest absolute Gasteiger partial charge is 0.507 e. The predicted molar refractivity (Wildman–Crippen MR) is 131 cm³/mol. The fraction of sp³-hybridized carbons (Fsp3) is 0.185. The van der Waals surface area contributed by atoms with E-state index in [9.17, 15) is 23.5 Å². The summed E-state index contributed by atoms with van der Waals surface area (Å²) in [5.74, 6) is -4.01. The number of ketones is 1. The predicted octanol–water partition coefficient (Wildman–Crippen LogP) is 6.04. The lowest BCUT2D eigenvalue weighted by molar-refractivity contribution is -0.132. The minimum Gasteiger partial charge on any atom is -0.507 e. The van der Waals surface area contributed by atoms with Crippen LogP contribution < -0.4 is 14.4 Å². The number of amides is 1. The van der Waals surface area contributed by atoms with E-state index < -0.39 is 35.1 Å². The summed E-state index contributed by atoms with van der Waals surface area (Å²) < 4.78 is 38.8. The molecule has 36 heavy (non-hydrogen) atoms. The Morgan fingerprint density at radius 1 is 0.944 bits per heavy atom. The second-order valence-electron chi connectivity index (χ2n) is 7.85. The molecule has 1 fully saturated rings. The van der Waals surface area contributed by atoms with E-state index in [2.05, 4.69) is 0 Å². The minimum atomic E-state index is -1.19. The third-order valence-electron chi connectivity index (χ3n) is 5.61. The Bertz CT molecular complexity index is 1370. The molecule has 1 heterocycles. The third kappa shape index (κ3) is 4.64. The van der Waals surface area contributed by atoms with Gasteiger partial charge in [0, 0.05) is 17.3 Å². The van der Waals surface area contributed by atoms with Crippen LogP contribution in [0.1, 0.15) is 31.0 Å². The zero-order valence-electron chi connectivity index (χ0n) is 19.4. The van der Waals surface area contributed by atoms with Crippen LogP contribution in [-0.2, 0) is 9.59 Å². The SMILES string of the molecule is CCOc1cccc(C2/C(=C(\O)c3cc(OCC)ccc3Cl)C(=O)C(=O)N2c2ccc(F)c(F)c2)c1. The molecular formula is C27H22ClF2NO5. The Hall–Kier alpha value is -3.91. The summed E-state index contributed by atoms with van der Waals surface area (Å²) in [7, 11) is 0. The Balaban J connectivity index is 1.97. The molecule has 1 aliphatic rings. The summed E-state index contributed by atoms with van der Waals surface area (Å²) in [5.41, 5.74) is 0.158. The van der Waals surface area contributed by atoms with Crippen molar-refractivity contribution in [1.82, 2.24) is 0 Å². The van der Waals surface area contributed by atoms with E-state index in [1.165, 1.54) is 18.2 Å². The molecule has 0 aromatic heterocycles. The van der Waals surface area contributed by atoms with E-state index in [1.807, 2.05) is 0 Å². The summed E-state index contributed by atoms with van der Waals surface area (Å²) in [6, 6.07) is 12.9. The van der Waals surface area contributed by atoms with Crippen LogP contribution >= 0.6 is 11.6 Å². The molecule has 0 aliphatic carbocycles. The summed E-state index contributed by atoms with van der Waals surface area (Å²) in [4.78, 5) is 27.5. The average molecular weight is 514 g/mol. The number of rotatable bonds is 7. The van der Waals surface area contributed by atoms with Gasteiger partial charge in [-0.25, -0.2) is 8.78 Å². The van der Waals surface area contributed by atoms with E-state index in [-0.39, 0.29) is 21.8 Å². The highest BCUT2D eigenvalue weighted by atomic mass is 35.5. The van der Waals surface area contributed by atoms with Gasteiger partial charge in [-0.3, -0.25) is 14.5 Å². The first-order valence-corrected chi connectivity index (χ1v) is 11.6. The van der Waals surface area contributed by atoms with E-state index >= 15 is 0 Å². The van der Waals surface area contributed by atoms with Crippen molar-refractivity contribution < 1.29 is 33.0 Å². The Labute approximate surface area is 211 Å². The summed E-state index contributed by atoms with van der Waals surface area (Å²) >= 11 is 6.33. The molecule has 1 N–H and O–H groups in total. The summed E-state index contributed by atoms with van der Waals surface area (Å²) in [6.07, 6.45) is 0. The van der Waals surface area contributed by atoms with Crippen molar-refractivity contribution in [2.45, 2.75) is 19.9 Å². The van der Waals surface area contributed by atoms with Crippen LogP contribution in [0.2, 0.25) is 5.02 Å². The number of aliphatic hydroxyl groups is 1. The van der Waals surface area contributed by atoms with Gasteiger partial charge >= 0.3 is 0 Å². The van der Waals surface area contributed by atoms with Crippen LogP contribution in [0.15, 0.2) is 66.2 Å². The van der Waals surface area contributed by atoms with Gasteiger partial charge in [0.1, 0.15) is 17.3 Å². The second kappa shape index (κ2) is 10.4. The van der Waals surface area contributed by atoms with Crippen LogP contribution in [0, 0.1) is 11.6 Å². The second-order valence-corrected chi connectivity index (χ2v) is 8.25. The van der Waals surface area contributed by atoms with Crippen molar-refractivity contribution in [2.24, 2.45) is 0 Å². The number of aliphatic hydroxyl groups excluding tert-OH is 1. The molecule has 1 unspecified atom stereocenters. The van der Waals surface area contributed by atoms with Crippen LogP contribution in [0.4, 0.5) is 14.5 Å². The maximum Gasteiger partial charge on any atom is 0.300 e. The molecule has 6 nitrogen and oxygen atoms in total. The molecule has 1 amide bonds. The van der Waals surface area contributed by atoms with Gasteiger partial charge in [0.15, 0.2) is 11.6 Å². The van der Waals surface area contributed by atoms with Gasteiger partial charge < -0.3 is 14.6 Å². The number of Topliss-reactive ketones (excluding diaryl/α,β-unsaturated/α-hetero) is 1. The zero-order chi connectivity index (χ0) is 26.0. The van der Waals surface area contributed by atoms with Crippen molar-refractivity contribution >= 4 is 34.7 Å². The first kappa shape index (κ1) is 25.2. The van der Waals surface area contributed by atoms with Gasteiger partial charge in [0.2, 0.25) is 0 Å². The monoisotopic (exact) mass is 513 g/mol. The number of anilines is 1. The number of halogens is 3. The number of carbonyl (C=O) groups excluding carboxylic acids is 2. The molecule has 3 aromatic rings. The standard InChI is InChI=1S/C27H22ClF2NO5/c1-3-35-17-7-5-6-15(12-17)24-23(25(32)19-14-18(36-4-2)9-10-20(19)28)26(33)27(34)31(24)16-8-11-21(29)22(30)13-16/h5-14,24,32H,3-4H2,1-2H3/b25-23+. The van der Waals surface area contributed by atoms with Crippen molar-refractivity contribution in [3.63, 3.8) is 0 Å². The molecule has 0 spiro atoms. The number of hydrogen-bond donors (Lipinski definition) is 1. The van der Waals surface area contributed by atoms with Crippen molar-refractivity contribution in [3.8, 4) is 11.5 Å². The average Bonchev–Trinajstić information content (AvgIpc) is 3.12. The van der Waals surface area contributed by atoms with E-state index in [1.54, 1.807) is 44.2 Å². The van der Waals surface area contributed by atoms with Gasteiger partial charge in [0.25, 0.3) is 11.7 Å². The van der Waals surface area contributed by atoms with Gasteiger partial charge in [-0.15, -0.1) is 0 Å². The topological polar surface area (TPSA) is 76.1 Å². The fourth-order valence-electron chi connectivity index (χ4n) is 4.08. The first-order chi connectivity index (χ1) is 17.3. The Morgan fingerprint density at radius 3 is 2.31 bits per heavy atom. The normalized spacial score (nSPS) is 16.9. The lowest BCUT2D eigenvalue weighted by Gasteiger charge is -2.26.